The molecule has 0 saturated carbocycles. The van der Waals surface area contributed by atoms with Crippen molar-refractivity contribution >= 4 is 23.5 Å². The first-order valence-electron chi connectivity index (χ1n) is 9.09. The summed E-state index contributed by atoms with van der Waals surface area (Å²) >= 11 is 0. The number of anilines is 2. The third-order valence-electron chi connectivity index (χ3n) is 3.98. The minimum absolute atomic E-state index is 0.0511. The van der Waals surface area contributed by atoms with Crippen LogP contribution in [-0.2, 0) is 13.2 Å². The molecule has 0 spiro atoms. The van der Waals surface area contributed by atoms with Gasteiger partial charge in [-0.05, 0) is 36.4 Å². The van der Waals surface area contributed by atoms with Crippen molar-refractivity contribution < 1.29 is 27.9 Å². The molecule has 4 N–H and O–H groups in total. The zero-order valence-corrected chi connectivity index (χ0v) is 16.9. The molecule has 1 aromatic carbocycles. The Balaban J connectivity index is 0.00000166. The van der Waals surface area contributed by atoms with Gasteiger partial charge < -0.3 is 16.2 Å². The van der Waals surface area contributed by atoms with Crippen LogP contribution < -0.4 is 11.1 Å². The molecular formula is C20H20F3N5O3. The van der Waals surface area contributed by atoms with E-state index in [1.165, 1.54) is 43.4 Å². The first kappa shape index (κ1) is 23.4. The molecule has 0 bridgehead atoms. The molecule has 11 heteroatoms. The van der Waals surface area contributed by atoms with E-state index in [-0.39, 0.29) is 34.0 Å². The second-order valence-corrected chi connectivity index (χ2v) is 6.01. The monoisotopic (exact) mass is 435 g/mol. The topological polar surface area (TPSA) is 123 Å². The summed E-state index contributed by atoms with van der Waals surface area (Å²) in [4.78, 5) is 27.3. The van der Waals surface area contributed by atoms with Crippen molar-refractivity contribution in [2.75, 3.05) is 11.1 Å². The molecule has 164 valence electrons. The summed E-state index contributed by atoms with van der Waals surface area (Å²) in [6.07, 6.45) is -4.60. The molecule has 0 aliphatic carbocycles. The number of carbonyl (C=O) groups excluding carboxylic acids is 1. The Bertz CT molecular complexity index is 1110. The van der Waals surface area contributed by atoms with E-state index >= 15 is 0 Å². The number of pyridine rings is 1. The van der Waals surface area contributed by atoms with E-state index in [1.807, 2.05) is 13.8 Å². The Morgan fingerprint density at radius 1 is 1.10 bits per heavy atom. The first-order chi connectivity index (χ1) is 14.6. The van der Waals surface area contributed by atoms with Crippen molar-refractivity contribution in [3.8, 4) is 11.3 Å². The second-order valence-electron chi connectivity index (χ2n) is 6.01. The quantitative estimate of drug-likeness (QED) is 0.568. The summed E-state index contributed by atoms with van der Waals surface area (Å²) in [5.41, 5.74) is 5.14. The number of nitrogens with two attached hydrogens (primary N) is 1. The number of alkyl halides is 3. The molecule has 1 amide bonds. The number of carbonyl (C=O) groups is 2. The number of aromatic nitrogens is 3. The van der Waals surface area contributed by atoms with Crippen molar-refractivity contribution in [1.82, 2.24) is 14.8 Å². The summed E-state index contributed by atoms with van der Waals surface area (Å²) in [6.45, 7) is 4.00. The largest absolute Gasteiger partial charge is 0.478 e. The molecule has 0 saturated heterocycles. The number of carboxylic acids is 1. The minimum Gasteiger partial charge on any atom is -0.478 e. The van der Waals surface area contributed by atoms with Crippen LogP contribution in [0, 0.1) is 0 Å². The Morgan fingerprint density at radius 3 is 2.29 bits per heavy atom. The highest BCUT2D eigenvalue weighted by Crippen LogP contribution is 2.33. The van der Waals surface area contributed by atoms with Crippen LogP contribution in [0.1, 0.15) is 40.3 Å². The third-order valence-corrected chi connectivity index (χ3v) is 3.98. The van der Waals surface area contributed by atoms with E-state index in [0.29, 0.717) is 0 Å². The Hall–Kier alpha value is -3.89. The van der Waals surface area contributed by atoms with E-state index < -0.39 is 23.7 Å². The molecule has 0 aliphatic heterocycles. The van der Waals surface area contributed by atoms with Crippen molar-refractivity contribution in [1.29, 1.82) is 0 Å². The van der Waals surface area contributed by atoms with Crippen LogP contribution >= 0.6 is 0 Å². The smallest absolute Gasteiger partial charge is 0.435 e. The number of aryl methyl sites for hydroxylation is 1. The normalized spacial score (nSPS) is 10.8. The van der Waals surface area contributed by atoms with Crippen molar-refractivity contribution in [2.24, 2.45) is 7.05 Å². The molecule has 2 aromatic heterocycles. The van der Waals surface area contributed by atoms with Crippen molar-refractivity contribution in [3.05, 3.63) is 59.3 Å². The Kier molecular flexibility index (Phi) is 7.00. The predicted octanol–water partition coefficient (Wildman–Crippen LogP) is 4.06. The van der Waals surface area contributed by atoms with Gasteiger partial charge in [0.1, 0.15) is 11.6 Å². The summed E-state index contributed by atoms with van der Waals surface area (Å²) in [7, 11) is 1.34. The molecule has 0 atom stereocenters. The Morgan fingerprint density at radius 2 is 1.74 bits per heavy atom. The van der Waals surface area contributed by atoms with Gasteiger partial charge in [0.15, 0.2) is 5.69 Å². The SMILES string of the molecule is CC.Cn1nc(C(F)(F)F)cc1-c1ccc(NC(=O)c2cccc(C(=O)O)c2)nc1N. The van der Waals surface area contributed by atoms with Crippen LogP contribution in [0.15, 0.2) is 42.5 Å². The van der Waals surface area contributed by atoms with Gasteiger partial charge in [-0.1, -0.05) is 19.9 Å². The Labute approximate surface area is 175 Å². The maximum atomic E-state index is 12.8. The number of hydrogen-bond donors (Lipinski definition) is 3. The lowest BCUT2D eigenvalue weighted by molar-refractivity contribution is -0.141. The number of nitrogen functional groups attached to an aromatic ring is 1. The number of carboxylic acid groups (broad SMARTS) is 1. The number of nitrogens with zero attached hydrogens (tertiary/aromatic N) is 3. The fourth-order valence-corrected chi connectivity index (χ4v) is 2.60. The van der Waals surface area contributed by atoms with Gasteiger partial charge in [0, 0.05) is 18.2 Å². The summed E-state index contributed by atoms with van der Waals surface area (Å²) in [5.74, 6) is -1.86. The lowest BCUT2D eigenvalue weighted by atomic mass is 10.1. The average molecular weight is 435 g/mol. The van der Waals surface area contributed by atoms with Crippen LogP contribution in [-0.4, -0.2) is 31.7 Å². The van der Waals surface area contributed by atoms with E-state index in [4.69, 9.17) is 10.8 Å². The van der Waals surface area contributed by atoms with E-state index in [2.05, 4.69) is 15.4 Å². The van der Waals surface area contributed by atoms with Gasteiger partial charge in [-0.2, -0.15) is 18.3 Å². The highest BCUT2D eigenvalue weighted by molar-refractivity contribution is 6.05. The van der Waals surface area contributed by atoms with Crippen LogP contribution in [0.4, 0.5) is 24.8 Å². The number of rotatable bonds is 4. The molecule has 3 rings (SSSR count). The van der Waals surface area contributed by atoms with Crippen LogP contribution in [0.2, 0.25) is 0 Å². The summed E-state index contributed by atoms with van der Waals surface area (Å²) in [5, 5.41) is 14.9. The second kappa shape index (κ2) is 9.28. The fourth-order valence-electron chi connectivity index (χ4n) is 2.60. The highest BCUT2D eigenvalue weighted by atomic mass is 19.4. The third kappa shape index (κ3) is 5.38. The molecule has 0 aliphatic rings. The zero-order valence-electron chi connectivity index (χ0n) is 16.9. The minimum atomic E-state index is -4.60. The van der Waals surface area contributed by atoms with Gasteiger partial charge >= 0.3 is 12.1 Å². The summed E-state index contributed by atoms with van der Waals surface area (Å²) < 4.78 is 39.5. The molecule has 0 unspecified atom stereocenters. The van der Waals surface area contributed by atoms with Crippen LogP contribution in [0.25, 0.3) is 11.3 Å². The fraction of sp³-hybridized carbons (Fsp3) is 0.200. The van der Waals surface area contributed by atoms with Gasteiger partial charge in [-0.25, -0.2) is 9.78 Å². The molecule has 8 nitrogen and oxygen atoms in total. The highest BCUT2D eigenvalue weighted by Gasteiger charge is 2.35. The number of aromatic carboxylic acids is 1. The molecule has 31 heavy (non-hydrogen) atoms. The molecule has 0 fully saturated rings. The van der Waals surface area contributed by atoms with E-state index in [9.17, 15) is 22.8 Å². The maximum Gasteiger partial charge on any atom is 0.435 e. The van der Waals surface area contributed by atoms with Crippen molar-refractivity contribution in [2.45, 2.75) is 20.0 Å². The molecule has 0 radical (unpaired) electrons. The average Bonchev–Trinajstić information content (AvgIpc) is 3.11. The van der Waals surface area contributed by atoms with Crippen LogP contribution in [0.5, 0.6) is 0 Å². The van der Waals surface area contributed by atoms with Gasteiger partial charge in [-0.15, -0.1) is 0 Å². The zero-order chi connectivity index (χ0) is 23.3. The van der Waals surface area contributed by atoms with E-state index in [0.717, 1.165) is 10.7 Å². The van der Waals surface area contributed by atoms with Gasteiger partial charge in [0.2, 0.25) is 0 Å². The predicted molar refractivity (Wildman–Crippen MR) is 109 cm³/mol. The number of hydrogen-bond acceptors (Lipinski definition) is 5. The standard InChI is InChI=1S/C18H14F3N5O3.C2H6/c1-26-12(8-13(25-26)18(19,20)21)11-5-6-14(23-15(11)22)24-16(27)9-3-2-4-10(7-9)17(28)29;1-2/h2-8H,1H3,(H,28,29)(H3,22,23,24,27);1-2H3. The lowest BCUT2D eigenvalue weighted by Gasteiger charge is -2.09. The van der Waals surface area contributed by atoms with Gasteiger partial charge in [0.25, 0.3) is 5.91 Å². The number of halogens is 3. The maximum absolute atomic E-state index is 12.8. The number of nitrogens with one attached hydrogen (secondary N) is 1. The number of benzene rings is 1. The van der Waals surface area contributed by atoms with Crippen LogP contribution in [0.3, 0.4) is 0 Å². The van der Waals surface area contributed by atoms with Gasteiger partial charge in [-0.3, -0.25) is 9.48 Å². The van der Waals surface area contributed by atoms with Crippen molar-refractivity contribution in [3.63, 3.8) is 0 Å². The van der Waals surface area contributed by atoms with Gasteiger partial charge in [0.05, 0.1) is 11.3 Å². The first-order valence-corrected chi connectivity index (χ1v) is 9.09. The number of amides is 1. The van der Waals surface area contributed by atoms with E-state index in [1.54, 1.807) is 0 Å². The summed E-state index contributed by atoms with van der Waals surface area (Å²) in [6, 6.07) is 9.01. The molecular weight excluding hydrogens is 415 g/mol. The molecule has 3 aromatic rings. The lowest BCUT2D eigenvalue weighted by Crippen LogP contribution is -2.14. The molecule has 2 heterocycles.